The standard InChI is InChI=1S/C23H46O2/c1-4-7-8-9-10-11-12-13-14-15-16-17-18-19-20-21-23(24)25-22(5-2)6-3/h22H,4-21H2,1-3H3. The van der Waals surface area contributed by atoms with Crippen LogP contribution in [0.5, 0.6) is 0 Å². The van der Waals surface area contributed by atoms with Crippen molar-refractivity contribution in [3.63, 3.8) is 0 Å². The Balaban J connectivity index is 3.17. The molecule has 0 rings (SSSR count). The van der Waals surface area contributed by atoms with Crippen LogP contribution in [0.1, 0.15) is 136 Å². The lowest BCUT2D eigenvalue weighted by Crippen LogP contribution is -2.16. The van der Waals surface area contributed by atoms with E-state index in [0.717, 1.165) is 19.3 Å². The molecule has 0 heterocycles. The predicted octanol–water partition coefficient (Wildman–Crippen LogP) is 7.98. The Hall–Kier alpha value is -0.530. The SMILES string of the molecule is CCCCCCCCCCCCCCCCCC(=O)OC(CC)CC. The van der Waals surface area contributed by atoms with Crippen molar-refractivity contribution in [2.75, 3.05) is 0 Å². The van der Waals surface area contributed by atoms with E-state index >= 15 is 0 Å². The van der Waals surface area contributed by atoms with Gasteiger partial charge >= 0.3 is 5.97 Å². The topological polar surface area (TPSA) is 26.3 Å². The molecule has 2 heteroatoms. The van der Waals surface area contributed by atoms with Crippen molar-refractivity contribution in [3.8, 4) is 0 Å². The molecule has 0 saturated carbocycles. The second kappa shape index (κ2) is 19.8. The molecule has 0 radical (unpaired) electrons. The van der Waals surface area contributed by atoms with Crippen molar-refractivity contribution in [2.45, 2.75) is 142 Å². The van der Waals surface area contributed by atoms with Gasteiger partial charge in [-0.15, -0.1) is 0 Å². The number of hydrogen-bond acceptors (Lipinski definition) is 2. The highest BCUT2D eigenvalue weighted by Crippen LogP contribution is 2.14. The van der Waals surface area contributed by atoms with E-state index < -0.39 is 0 Å². The Morgan fingerprint density at radius 3 is 1.32 bits per heavy atom. The molecular weight excluding hydrogens is 308 g/mol. The minimum absolute atomic E-state index is 0.00314. The van der Waals surface area contributed by atoms with E-state index in [4.69, 9.17) is 4.74 Å². The van der Waals surface area contributed by atoms with E-state index in [1.54, 1.807) is 0 Å². The first-order valence-corrected chi connectivity index (χ1v) is 11.4. The lowest BCUT2D eigenvalue weighted by molar-refractivity contribution is -0.149. The van der Waals surface area contributed by atoms with Crippen LogP contribution in [0.4, 0.5) is 0 Å². The summed E-state index contributed by atoms with van der Waals surface area (Å²) in [6.45, 7) is 6.44. The maximum Gasteiger partial charge on any atom is 0.306 e. The average molecular weight is 355 g/mol. The first-order chi connectivity index (χ1) is 12.2. The van der Waals surface area contributed by atoms with Gasteiger partial charge in [-0.1, -0.05) is 111 Å². The molecule has 0 saturated heterocycles. The van der Waals surface area contributed by atoms with Gasteiger partial charge in [0.25, 0.3) is 0 Å². The molecule has 0 aromatic carbocycles. The van der Waals surface area contributed by atoms with Crippen LogP contribution < -0.4 is 0 Å². The summed E-state index contributed by atoms with van der Waals surface area (Å²) < 4.78 is 5.43. The van der Waals surface area contributed by atoms with E-state index in [1.807, 2.05) is 0 Å². The Kier molecular flexibility index (Phi) is 19.4. The van der Waals surface area contributed by atoms with Crippen molar-refractivity contribution in [1.82, 2.24) is 0 Å². The third-order valence-electron chi connectivity index (χ3n) is 5.19. The van der Waals surface area contributed by atoms with Gasteiger partial charge in [0.2, 0.25) is 0 Å². The largest absolute Gasteiger partial charge is 0.462 e. The monoisotopic (exact) mass is 354 g/mol. The number of carbonyl (C=O) groups is 1. The second-order valence-electron chi connectivity index (χ2n) is 7.63. The highest BCUT2D eigenvalue weighted by Gasteiger charge is 2.09. The third-order valence-corrected chi connectivity index (χ3v) is 5.19. The zero-order valence-electron chi connectivity index (χ0n) is 17.6. The second-order valence-corrected chi connectivity index (χ2v) is 7.63. The zero-order chi connectivity index (χ0) is 18.6. The minimum atomic E-state index is 0.00314. The summed E-state index contributed by atoms with van der Waals surface area (Å²) in [7, 11) is 0. The van der Waals surface area contributed by atoms with Crippen LogP contribution in [0.15, 0.2) is 0 Å². The quantitative estimate of drug-likeness (QED) is 0.173. The number of rotatable bonds is 19. The minimum Gasteiger partial charge on any atom is -0.462 e. The highest BCUT2D eigenvalue weighted by molar-refractivity contribution is 5.69. The summed E-state index contributed by atoms with van der Waals surface area (Å²) in [5, 5.41) is 0. The van der Waals surface area contributed by atoms with Crippen molar-refractivity contribution in [1.29, 1.82) is 0 Å². The van der Waals surface area contributed by atoms with Gasteiger partial charge in [0, 0.05) is 6.42 Å². The van der Waals surface area contributed by atoms with Crippen LogP contribution in [-0.4, -0.2) is 12.1 Å². The molecule has 2 nitrogen and oxygen atoms in total. The lowest BCUT2D eigenvalue weighted by atomic mass is 10.0. The van der Waals surface area contributed by atoms with Gasteiger partial charge in [-0.3, -0.25) is 4.79 Å². The molecule has 0 N–H and O–H groups in total. The number of hydrogen-bond donors (Lipinski definition) is 0. The first kappa shape index (κ1) is 24.5. The molecule has 0 aromatic heterocycles. The van der Waals surface area contributed by atoms with Crippen LogP contribution in [-0.2, 0) is 9.53 Å². The molecule has 0 bridgehead atoms. The molecule has 150 valence electrons. The first-order valence-electron chi connectivity index (χ1n) is 11.4. The van der Waals surface area contributed by atoms with Crippen LogP contribution in [0, 0.1) is 0 Å². The maximum atomic E-state index is 11.7. The number of ether oxygens (including phenoxy) is 1. The Morgan fingerprint density at radius 1 is 0.600 bits per heavy atom. The van der Waals surface area contributed by atoms with Crippen molar-refractivity contribution in [3.05, 3.63) is 0 Å². The summed E-state index contributed by atoms with van der Waals surface area (Å²) in [6, 6.07) is 0. The Labute approximate surface area is 158 Å². The normalized spacial score (nSPS) is 11.2. The molecule has 0 aromatic rings. The Morgan fingerprint density at radius 2 is 0.960 bits per heavy atom. The van der Waals surface area contributed by atoms with Gasteiger partial charge in [0.15, 0.2) is 0 Å². The van der Waals surface area contributed by atoms with Crippen LogP contribution >= 0.6 is 0 Å². The maximum absolute atomic E-state index is 11.7. The highest BCUT2D eigenvalue weighted by atomic mass is 16.5. The van der Waals surface area contributed by atoms with Crippen LogP contribution in [0.3, 0.4) is 0 Å². The summed E-state index contributed by atoms with van der Waals surface area (Å²) >= 11 is 0. The van der Waals surface area contributed by atoms with Gasteiger partial charge in [-0.05, 0) is 19.3 Å². The van der Waals surface area contributed by atoms with Gasteiger partial charge in [0.1, 0.15) is 6.10 Å². The molecule has 0 aliphatic heterocycles. The molecule has 0 unspecified atom stereocenters. The smallest absolute Gasteiger partial charge is 0.306 e. The van der Waals surface area contributed by atoms with Crippen LogP contribution in [0.2, 0.25) is 0 Å². The summed E-state index contributed by atoms with van der Waals surface area (Å²) in [5.41, 5.74) is 0. The molecule has 25 heavy (non-hydrogen) atoms. The third kappa shape index (κ3) is 18.1. The van der Waals surface area contributed by atoms with Crippen molar-refractivity contribution >= 4 is 5.97 Å². The van der Waals surface area contributed by atoms with Crippen molar-refractivity contribution in [2.24, 2.45) is 0 Å². The molecule has 0 amide bonds. The molecule has 0 aliphatic carbocycles. The summed E-state index contributed by atoms with van der Waals surface area (Å²) in [6.07, 6.45) is 22.9. The van der Waals surface area contributed by atoms with E-state index in [1.165, 1.54) is 89.9 Å². The predicted molar refractivity (Wildman–Crippen MR) is 110 cm³/mol. The van der Waals surface area contributed by atoms with Crippen molar-refractivity contribution < 1.29 is 9.53 Å². The summed E-state index contributed by atoms with van der Waals surface area (Å²) in [4.78, 5) is 11.7. The summed E-state index contributed by atoms with van der Waals surface area (Å²) in [5.74, 6) is 0.00314. The number of esters is 1. The zero-order valence-corrected chi connectivity index (χ0v) is 17.6. The van der Waals surface area contributed by atoms with Crippen LogP contribution in [0.25, 0.3) is 0 Å². The fourth-order valence-electron chi connectivity index (χ4n) is 3.34. The van der Waals surface area contributed by atoms with E-state index in [9.17, 15) is 4.79 Å². The molecular formula is C23H46O2. The van der Waals surface area contributed by atoms with Gasteiger partial charge < -0.3 is 4.74 Å². The molecule has 0 aliphatic rings. The fraction of sp³-hybridized carbons (Fsp3) is 0.957. The van der Waals surface area contributed by atoms with Gasteiger partial charge in [0.05, 0.1) is 0 Å². The number of carbonyl (C=O) groups excluding carboxylic acids is 1. The van der Waals surface area contributed by atoms with E-state index in [0.29, 0.717) is 6.42 Å². The number of unbranched alkanes of at least 4 members (excludes halogenated alkanes) is 14. The molecule has 0 fully saturated rings. The lowest BCUT2D eigenvalue weighted by Gasteiger charge is -2.13. The fourth-order valence-corrected chi connectivity index (χ4v) is 3.34. The van der Waals surface area contributed by atoms with Gasteiger partial charge in [-0.2, -0.15) is 0 Å². The van der Waals surface area contributed by atoms with Gasteiger partial charge in [-0.25, -0.2) is 0 Å². The Bertz CT molecular complexity index is 271. The molecule has 0 spiro atoms. The molecule has 0 atom stereocenters. The van der Waals surface area contributed by atoms with E-state index in [2.05, 4.69) is 20.8 Å². The van der Waals surface area contributed by atoms with E-state index in [-0.39, 0.29) is 12.1 Å². The average Bonchev–Trinajstić information content (AvgIpc) is 2.62.